The van der Waals surface area contributed by atoms with E-state index in [1.807, 2.05) is 6.92 Å². The van der Waals surface area contributed by atoms with E-state index in [0.29, 0.717) is 0 Å². The van der Waals surface area contributed by atoms with Crippen molar-refractivity contribution in [2.24, 2.45) is 5.92 Å². The fraction of sp³-hybridized carbons (Fsp3) is 0.625. The summed E-state index contributed by atoms with van der Waals surface area (Å²) in [6, 6.07) is 0. The van der Waals surface area contributed by atoms with Crippen molar-refractivity contribution >= 4 is 16.8 Å². The van der Waals surface area contributed by atoms with Gasteiger partial charge in [-0.2, -0.15) is 0 Å². The highest BCUT2D eigenvalue weighted by molar-refractivity contribution is 6.63. The van der Waals surface area contributed by atoms with Crippen molar-refractivity contribution in [1.82, 2.24) is 0 Å². The van der Waals surface area contributed by atoms with Crippen LogP contribution in [0.25, 0.3) is 0 Å². The Labute approximate surface area is 167 Å². The van der Waals surface area contributed by atoms with Crippen LogP contribution in [0.1, 0.15) is 90.9 Å². The van der Waals surface area contributed by atoms with Crippen LogP contribution in [0.2, 0.25) is 0 Å². The average molecular weight is 379 g/mol. The van der Waals surface area contributed by atoms with Crippen LogP contribution in [0.5, 0.6) is 0 Å². The number of hydrogen-bond donors (Lipinski definition) is 0. The molecule has 0 aromatic rings. The molecule has 26 heavy (non-hydrogen) atoms. The van der Waals surface area contributed by atoms with Crippen molar-refractivity contribution in [3.05, 3.63) is 48.6 Å². The molecular formula is C24H39ClO. The zero-order chi connectivity index (χ0) is 19.3. The predicted molar refractivity (Wildman–Crippen MR) is 118 cm³/mol. The van der Waals surface area contributed by atoms with E-state index in [1.54, 1.807) is 0 Å². The molecule has 0 saturated heterocycles. The van der Waals surface area contributed by atoms with Gasteiger partial charge in [-0.05, 0) is 56.5 Å². The minimum Gasteiger partial charge on any atom is -0.281 e. The van der Waals surface area contributed by atoms with E-state index in [4.69, 9.17) is 11.6 Å². The monoisotopic (exact) mass is 378 g/mol. The molecule has 1 nitrogen and oxygen atoms in total. The summed E-state index contributed by atoms with van der Waals surface area (Å²) in [5.74, 6) is -0.0400. The first-order valence-electron chi connectivity index (χ1n) is 10.5. The molecule has 0 bridgehead atoms. The molecule has 0 aromatic heterocycles. The first kappa shape index (κ1) is 24.9. The van der Waals surface area contributed by atoms with Gasteiger partial charge >= 0.3 is 0 Å². The van der Waals surface area contributed by atoms with Crippen LogP contribution in [0.3, 0.4) is 0 Å². The lowest BCUT2D eigenvalue weighted by molar-refractivity contribution is -0.114. The number of hydrogen-bond acceptors (Lipinski definition) is 1. The van der Waals surface area contributed by atoms with Crippen molar-refractivity contribution in [2.45, 2.75) is 90.9 Å². The van der Waals surface area contributed by atoms with Crippen molar-refractivity contribution < 1.29 is 4.79 Å². The van der Waals surface area contributed by atoms with Crippen LogP contribution in [0.15, 0.2) is 48.6 Å². The molecule has 0 N–H and O–H groups in total. The fourth-order valence-corrected chi connectivity index (χ4v) is 2.66. The number of allylic oxidation sites excluding steroid dienone is 8. The topological polar surface area (TPSA) is 17.1 Å². The van der Waals surface area contributed by atoms with E-state index in [1.165, 1.54) is 44.9 Å². The molecule has 0 spiro atoms. The van der Waals surface area contributed by atoms with Gasteiger partial charge in [-0.15, -0.1) is 0 Å². The third-order valence-corrected chi connectivity index (χ3v) is 4.73. The Morgan fingerprint density at radius 2 is 1.19 bits per heavy atom. The van der Waals surface area contributed by atoms with Crippen molar-refractivity contribution in [1.29, 1.82) is 0 Å². The predicted octanol–water partition coefficient (Wildman–Crippen LogP) is 8.31. The molecule has 0 amide bonds. The summed E-state index contributed by atoms with van der Waals surface area (Å²) in [6.07, 6.45) is 31.9. The number of carbonyl (C=O) groups excluding carboxylic acids is 1. The average Bonchev–Trinajstić information content (AvgIpc) is 2.63. The van der Waals surface area contributed by atoms with Gasteiger partial charge in [0.2, 0.25) is 5.24 Å². The second-order valence-electron chi connectivity index (χ2n) is 6.93. The highest BCUT2D eigenvalue weighted by Crippen LogP contribution is 2.10. The first-order chi connectivity index (χ1) is 12.7. The molecule has 2 heteroatoms. The minimum absolute atomic E-state index is 0.0400. The zero-order valence-corrected chi connectivity index (χ0v) is 17.7. The van der Waals surface area contributed by atoms with Gasteiger partial charge in [-0.3, -0.25) is 4.79 Å². The quantitative estimate of drug-likeness (QED) is 0.141. The Morgan fingerprint density at radius 1 is 0.731 bits per heavy atom. The van der Waals surface area contributed by atoms with Crippen LogP contribution in [-0.2, 0) is 4.79 Å². The number of carbonyl (C=O) groups is 1. The van der Waals surface area contributed by atoms with Crippen LogP contribution in [0, 0.1) is 5.92 Å². The number of unbranched alkanes of at least 4 members (excludes halogenated alkanes) is 6. The fourth-order valence-electron chi connectivity index (χ4n) is 2.55. The van der Waals surface area contributed by atoms with E-state index < -0.39 is 0 Å². The minimum atomic E-state index is -0.234. The Bertz CT molecular complexity index is 431. The van der Waals surface area contributed by atoms with E-state index in [9.17, 15) is 4.79 Å². The van der Waals surface area contributed by atoms with Gasteiger partial charge in [0.1, 0.15) is 0 Å². The van der Waals surface area contributed by atoms with Gasteiger partial charge in [0.15, 0.2) is 0 Å². The molecule has 0 aliphatic carbocycles. The zero-order valence-electron chi connectivity index (χ0n) is 17.0. The second kappa shape index (κ2) is 20.2. The van der Waals surface area contributed by atoms with Gasteiger partial charge in [0.25, 0.3) is 0 Å². The summed E-state index contributed by atoms with van der Waals surface area (Å²) in [4.78, 5) is 10.9. The lowest BCUT2D eigenvalue weighted by Gasteiger charge is -2.01. The molecule has 0 radical (unpaired) electrons. The smallest absolute Gasteiger partial charge is 0.224 e. The Balaban J connectivity index is 3.45. The molecule has 148 valence electrons. The van der Waals surface area contributed by atoms with Gasteiger partial charge in [0.05, 0.1) is 0 Å². The molecule has 0 aliphatic rings. The van der Waals surface area contributed by atoms with E-state index >= 15 is 0 Å². The second-order valence-corrected chi connectivity index (χ2v) is 7.30. The summed E-state index contributed by atoms with van der Waals surface area (Å²) < 4.78 is 0. The number of rotatable bonds is 17. The maximum atomic E-state index is 10.9. The lowest BCUT2D eigenvalue weighted by Crippen LogP contribution is -2.02. The number of halogens is 1. The molecule has 1 atom stereocenters. The molecular weight excluding hydrogens is 340 g/mol. The van der Waals surface area contributed by atoms with Gasteiger partial charge in [-0.1, -0.05) is 94.6 Å². The normalized spacial score (nSPS) is 13.7. The molecule has 0 aliphatic heterocycles. The van der Waals surface area contributed by atoms with E-state index in [0.717, 1.165) is 32.1 Å². The molecule has 0 fully saturated rings. The van der Waals surface area contributed by atoms with Crippen molar-refractivity contribution in [3.63, 3.8) is 0 Å². The van der Waals surface area contributed by atoms with Crippen LogP contribution in [0.4, 0.5) is 0 Å². The van der Waals surface area contributed by atoms with Crippen LogP contribution >= 0.6 is 11.6 Å². The maximum absolute atomic E-state index is 10.9. The lowest BCUT2D eigenvalue weighted by atomic mass is 10.1. The highest BCUT2D eigenvalue weighted by Gasteiger charge is 2.07. The molecule has 1 unspecified atom stereocenters. The summed E-state index contributed by atoms with van der Waals surface area (Å²) in [6.45, 7) is 4.14. The maximum Gasteiger partial charge on any atom is 0.224 e. The third kappa shape index (κ3) is 19.2. The Hall–Kier alpha value is -1.08. The molecule has 0 aromatic carbocycles. The Kier molecular flexibility index (Phi) is 19.4. The van der Waals surface area contributed by atoms with E-state index in [-0.39, 0.29) is 11.2 Å². The van der Waals surface area contributed by atoms with Crippen LogP contribution < -0.4 is 0 Å². The summed E-state index contributed by atoms with van der Waals surface area (Å²) in [7, 11) is 0. The third-order valence-electron chi connectivity index (χ3n) is 4.36. The van der Waals surface area contributed by atoms with Crippen molar-refractivity contribution in [3.8, 4) is 0 Å². The summed E-state index contributed by atoms with van der Waals surface area (Å²) in [5, 5.41) is -0.234. The molecule has 0 rings (SSSR count). The standard InChI is InChI=1S/C24H39ClO/c1-3-4-5-6-7-8-9-10-11-12-13-14-15-16-17-18-19-20-21-22-23(2)24(25)26/h10-11,13-14,16-17,19-20,23H,3-9,12,15,18,21-22H2,1-2H3/b11-10-,14-13-,17-16-,20-19-. The highest BCUT2D eigenvalue weighted by atomic mass is 35.5. The Morgan fingerprint density at radius 3 is 1.73 bits per heavy atom. The first-order valence-corrected chi connectivity index (χ1v) is 10.9. The summed E-state index contributed by atoms with van der Waals surface area (Å²) in [5.41, 5.74) is 0. The molecule has 0 saturated carbocycles. The largest absolute Gasteiger partial charge is 0.281 e. The summed E-state index contributed by atoms with van der Waals surface area (Å²) >= 11 is 5.43. The van der Waals surface area contributed by atoms with Gasteiger partial charge in [0, 0.05) is 5.92 Å². The van der Waals surface area contributed by atoms with Gasteiger partial charge < -0.3 is 0 Å². The van der Waals surface area contributed by atoms with Crippen LogP contribution in [-0.4, -0.2) is 5.24 Å². The van der Waals surface area contributed by atoms with Crippen molar-refractivity contribution in [2.75, 3.05) is 0 Å². The SMILES string of the molecule is CCCCCCCC/C=C\C/C=C\C/C=C\C/C=C\CCC(C)C(=O)Cl. The van der Waals surface area contributed by atoms with E-state index in [2.05, 4.69) is 55.5 Å². The molecule has 0 heterocycles. The van der Waals surface area contributed by atoms with Gasteiger partial charge in [-0.25, -0.2) is 0 Å².